The number of carbonyl (C=O) groups is 5. The molecule has 3 fully saturated rings. The van der Waals surface area contributed by atoms with Crippen LogP contribution in [0.5, 0.6) is 11.5 Å². The third-order valence-electron chi connectivity index (χ3n) is 12.1. The predicted octanol–water partition coefficient (Wildman–Crippen LogP) is 6.66. The van der Waals surface area contributed by atoms with Crippen molar-refractivity contribution in [3.8, 4) is 11.5 Å². The van der Waals surface area contributed by atoms with Gasteiger partial charge >= 0.3 is 0 Å². The highest BCUT2D eigenvalue weighted by Crippen LogP contribution is 2.38. The Morgan fingerprint density at radius 2 is 0.969 bits per heavy atom. The zero-order chi connectivity index (χ0) is 47.2. The van der Waals surface area contributed by atoms with Crippen molar-refractivity contribution in [1.82, 2.24) is 34.4 Å². The van der Waals surface area contributed by atoms with E-state index in [0.29, 0.717) is 24.7 Å². The molecule has 5 amide bonds. The summed E-state index contributed by atoms with van der Waals surface area (Å²) in [6.07, 6.45) is 4.62. The van der Waals surface area contributed by atoms with E-state index in [1.165, 1.54) is 13.8 Å². The monoisotopic (exact) mass is 875 g/mol. The zero-order valence-electron chi connectivity index (χ0n) is 39.0. The Morgan fingerprint density at radius 3 is 1.41 bits per heavy atom. The molecule has 3 aliphatic rings. The molecule has 6 atom stereocenters. The van der Waals surface area contributed by atoms with Crippen molar-refractivity contribution in [2.24, 2.45) is 11.8 Å². The van der Waals surface area contributed by atoms with Crippen LogP contribution in [0.3, 0.4) is 0 Å². The summed E-state index contributed by atoms with van der Waals surface area (Å²) < 4.78 is 0. The van der Waals surface area contributed by atoms with Crippen LogP contribution in [0.2, 0.25) is 0 Å². The standard InChI is InChI=1S/C19H21N3O2.C16H22N2O3.C15H22N2O2/c1-13-6-8-16(9-7-13)18-21(3)19(24)17(22(18)14(2)23)11-15-5-4-10-20-12-15;1-10(2)9-14-16(21)17(4)15(18(14)11(3)19)12-5-7-13(20)8-6-12;1-10(2)9-13-15(19)17(4)14(16(13)3)11-5-7-12(18)8-6-11/h4-10,12,17-18H,11H2,1-3H3;5-8,10,14-15,20H,9H2,1-4H3;5-8,10,13-14,18H,9H2,1-4H3. The number of phenols is 2. The molecule has 3 saturated heterocycles. The maximum atomic E-state index is 12.8. The molecule has 64 heavy (non-hydrogen) atoms. The number of amides is 5. The second kappa shape index (κ2) is 20.9. The molecule has 14 heteroatoms. The Labute approximate surface area is 378 Å². The Hall–Kier alpha value is -6.28. The molecule has 4 aromatic rings. The van der Waals surface area contributed by atoms with Gasteiger partial charge in [-0.15, -0.1) is 0 Å². The number of nitrogens with zero attached hydrogens (tertiary/aromatic N) is 7. The lowest BCUT2D eigenvalue weighted by Crippen LogP contribution is -2.39. The van der Waals surface area contributed by atoms with Crippen LogP contribution in [0.1, 0.15) is 101 Å². The first-order valence-electron chi connectivity index (χ1n) is 21.9. The number of carbonyl (C=O) groups excluding carboxylic acids is 5. The van der Waals surface area contributed by atoms with Gasteiger partial charge in [0.05, 0.1) is 6.04 Å². The number of hydrogen-bond donors (Lipinski definition) is 2. The molecule has 3 aliphatic heterocycles. The average Bonchev–Trinajstić information content (AvgIpc) is 3.73. The lowest BCUT2D eigenvalue weighted by molar-refractivity contribution is -0.135. The third-order valence-corrected chi connectivity index (χ3v) is 12.1. The Morgan fingerprint density at radius 1 is 0.578 bits per heavy atom. The molecular formula is C50H65N7O7. The summed E-state index contributed by atoms with van der Waals surface area (Å²) in [4.78, 5) is 76.6. The highest BCUT2D eigenvalue weighted by Gasteiger charge is 2.48. The van der Waals surface area contributed by atoms with Crippen LogP contribution in [-0.4, -0.2) is 120 Å². The lowest BCUT2D eigenvalue weighted by Gasteiger charge is -2.29. The molecule has 1 aromatic heterocycles. The quantitative estimate of drug-likeness (QED) is 0.188. The van der Waals surface area contributed by atoms with Crippen molar-refractivity contribution in [3.63, 3.8) is 0 Å². The number of hydrogen-bond acceptors (Lipinski definition) is 9. The number of pyridine rings is 1. The maximum absolute atomic E-state index is 12.8. The van der Waals surface area contributed by atoms with E-state index in [1.54, 1.807) is 87.4 Å². The summed E-state index contributed by atoms with van der Waals surface area (Å²) in [5, 5.41) is 18.8. The fourth-order valence-corrected chi connectivity index (χ4v) is 8.98. The number of aryl methyl sites for hydroxylation is 1. The molecule has 0 aliphatic carbocycles. The maximum Gasteiger partial charge on any atom is 0.247 e. The largest absolute Gasteiger partial charge is 0.508 e. The molecule has 3 aromatic carbocycles. The van der Waals surface area contributed by atoms with Crippen LogP contribution < -0.4 is 0 Å². The van der Waals surface area contributed by atoms with Gasteiger partial charge in [-0.25, -0.2) is 0 Å². The van der Waals surface area contributed by atoms with Crippen molar-refractivity contribution in [2.45, 2.75) is 104 Å². The number of rotatable bonds is 9. The van der Waals surface area contributed by atoms with Crippen LogP contribution in [-0.2, 0) is 30.4 Å². The van der Waals surface area contributed by atoms with E-state index in [9.17, 15) is 34.2 Å². The molecule has 4 heterocycles. The van der Waals surface area contributed by atoms with Gasteiger partial charge in [0.25, 0.3) is 0 Å². The van der Waals surface area contributed by atoms with E-state index in [1.807, 2.05) is 83.4 Å². The first-order chi connectivity index (χ1) is 30.2. The van der Waals surface area contributed by atoms with Crippen LogP contribution in [0.25, 0.3) is 0 Å². The molecule has 0 bridgehead atoms. The topological polar surface area (TPSA) is 158 Å². The number of phenolic OH excluding ortho intramolecular Hbond substituents is 2. The van der Waals surface area contributed by atoms with Gasteiger partial charge in [-0.2, -0.15) is 0 Å². The van der Waals surface area contributed by atoms with Gasteiger partial charge in [0.2, 0.25) is 29.5 Å². The van der Waals surface area contributed by atoms with Crippen molar-refractivity contribution in [1.29, 1.82) is 0 Å². The van der Waals surface area contributed by atoms with E-state index in [-0.39, 0.29) is 59.4 Å². The molecule has 14 nitrogen and oxygen atoms in total. The van der Waals surface area contributed by atoms with Gasteiger partial charge in [-0.05, 0) is 91.2 Å². The average molecular weight is 876 g/mol. The minimum Gasteiger partial charge on any atom is -0.508 e. The molecule has 7 rings (SSSR count). The van der Waals surface area contributed by atoms with Crippen LogP contribution in [0.15, 0.2) is 97.3 Å². The summed E-state index contributed by atoms with van der Waals surface area (Å²) >= 11 is 0. The van der Waals surface area contributed by atoms with Crippen molar-refractivity contribution in [3.05, 3.63) is 125 Å². The normalized spacial score (nSPS) is 22.3. The predicted molar refractivity (Wildman–Crippen MR) is 245 cm³/mol. The lowest BCUT2D eigenvalue weighted by atomic mass is 10.0. The Bertz CT molecular complexity index is 2240. The van der Waals surface area contributed by atoms with Gasteiger partial charge in [-0.1, -0.05) is 87.9 Å². The van der Waals surface area contributed by atoms with Crippen LogP contribution >= 0.6 is 0 Å². The summed E-state index contributed by atoms with van der Waals surface area (Å²) in [5.41, 5.74) is 4.89. The van der Waals surface area contributed by atoms with E-state index >= 15 is 0 Å². The number of aromatic nitrogens is 1. The van der Waals surface area contributed by atoms with E-state index in [4.69, 9.17) is 0 Å². The third kappa shape index (κ3) is 10.9. The van der Waals surface area contributed by atoms with E-state index < -0.39 is 18.2 Å². The SMILES string of the molecule is CC(=O)N1C(CC(C)C)C(=O)N(C)C1c1ccc(O)cc1.CC(=O)N1C(Cc2cccnc2)C(=O)N(C)C1c1ccc(C)cc1.CC(C)CC1C(=O)N(C)C(c2ccc(O)cc2)N1C. The van der Waals surface area contributed by atoms with E-state index in [2.05, 4.69) is 23.7 Å². The van der Waals surface area contributed by atoms with Crippen molar-refractivity contribution < 1.29 is 34.2 Å². The molecule has 2 N–H and O–H groups in total. The number of aromatic hydroxyl groups is 2. The molecule has 0 radical (unpaired) electrons. The summed E-state index contributed by atoms with van der Waals surface area (Å²) in [5.74, 6) is 1.11. The fourth-order valence-electron chi connectivity index (χ4n) is 8.98. The minimum atomic E-state index is -0.497. The highest BCUT2D eigenvalue weighted by molar-refractivity contribution is 5.91. The Kier molecular flexibility index (Phi) is 15.9. The van der Waals surface area contributed by atoms with Gasteiger partial charge in [0, 0.05) is 53.8 Å². The smallest absolute Gasteiger partial charge is 0.247 e. The van der Waals surface area contributed by atoms with Crippen molar-refractivity contribution >= 4 is 29.5 Å². The van der Waals surface area contributed by atoms with Gasteiger partial charge < -0.3 is 34.7 Å². The van der Waals surface area contributed by atoms with Crippen LogP contribution in [0, 0.1) is 18.8 Å². The summed E-state index contributed by atoms with van der Waals surface area (Å²) in [6.45, 7) is 13.4. The van der Waals surface area contributed by atoms with Crippen molar-refractivity contribution in [2.75, 3.05) is 28.2 Å². The molecule has 6 unspecified atom stereocenters. The highest BCUT2D eigenvalue weighted by atomic mass is 16.3. The van der Waals surface area contributed by atoms with Crippen LogP contribution in [0.4, 0.5) is 0 Å². The number of benzene rings is 3. The zero-order valence-corrected chi connectivity index (χ0v) is 39.0. The first-order valence-corrected chi connectivity index (χ1v) is 21.9. The molecule has 0 saturated carbocycles. The number of likely N-dealkylation sites (N-methyl/N-ethyl adjacent to an activating group) is 4. The fraction of sp³-hybridized carbons (Fsp3) is 0.440. The molecular weight excluding hydrogens is 811 g/mol. The summed E-state index contributed by atoms with van der Waals surface area (Å²) in [6, 6.07) is 24.5. The second-order valence-electron chi connectivity index (χ2n) is 18.0. The molecule has 0 spiro atoms. The van der Waals surface area contributed by atoms with Gasteiger partial charge in [0.1, 0.15) is 42.1 Å². The Balaban J connectivity index is 0.000000182. The summed E-state index contributed by atoms with van der Waals surface area (Å²) in [7, 11) is 7.31. The van der Waals surface area contributed by atoms with Gasteiger partial charge in [0.15, 0.2) is 0 Å². The first kappa shape index (κ1) is 48.7. The van der Waals surface area contributed by atoms with Gasteiger partial charge in [-0.3, -0.25) is 33.9 Å². The minimum absolute atomic E-state index is 0.0306. The van der Waals surface area contributed by atoms with E-state index in [0.717, 1.165) is 34.2 Å². The second-order valence-corrected chi connectivity index (χ2v) is 18.0. The molecule has 342 valence electrons.